The number of aromatic nitrogens is 3. The number of anilines is 2. The molecule has 2 N–H and O–H groups in total. The van der Waals surface area contributed by atoms with Gasteiger partial charge in [-0.2, -0.15) is 13.2 Å². The van der Waals surface area contributed by atoms with Crippen molar-refractivity contribution < 1.29 is 42.1 Å². The average molecular weight is 686 g/mol. The molecule has 5 unspecified atom stereocenters. The summed E-state index contributed by atoms with van der Waals surface area (Å²) in [6, 6.07) is 3.50. The first-order valence-corrected chi connectivity index (χ1v) is 17.5. The van der Waals surface area contributed by atoms with Crippen molar-refractivity contribution in [1.82, 2.24) is 20.3 Å². The molecule has 11 nitrogen and oxygen atoms in total. The molecule has 2 aromatic rings. The number of carbonyl (C=O) groups excluding carboxylic acids is 1. The van der Waals surface area contributed by atoms with Crippen LogP contribution in [0.15, 0.2) is 18.3 Å². The van der Waals surface area contributed by atoms with E-state index in [0.717, 1.165) is 45.1 Å². The molecular weight excluding hydrogens is 643 g/mol. The lowest BCUT2D eigenvalue weighted by Crippen LogP contribution is -2.63. The number of hydrogen-bond donors (Lipinski definition) is 2. The van der Waals surface area contributed by atoms with Gasteiger partial charge >= 0.3 is 12.1 Å². The second-order valence-electron chi connectivity index (χ2n) is 15.3. The van der Waals surface area contributed by atoms with Crippen LogP contribution in [0.5, 0.6) is 5.88 Å². The van der Waals surface area contributed by atoms with Gasteiger partial charge in [-0.3, -0.25) is 4.79 Å². The molecule has 5 fully saturated rings. The molecule has 8 rings (SSSR count). The molecule has 2 aromatic heterocycles. The van der Waals surface area contributed by atoms with Crippen LogP contribution in [0, 0.1) is 29.1 Å². The van der Waals surface area contributed by atoms with Crippen LogP contribution < -0.4 is 15.0 Å². The van der Waals surface area contributed by atoms with Gasteiger partial charge in [0.1, 0.15) is 5.54 Å². The number of aliphatic carboxylic acids is 1. The summed E-state index contributed by atoms with van der Waals surface area (Å²) in [5.41, 5.74) is -2.99. The van der Waals surface area contributed by atoms with Gasteiger partial charge in [0, 0.05) is 50.7 Å². The minimum absolute atomic E-state index is 0.0383. The van der Waals surface area contributed by atoms with E-state index >= 15 is 0 Å². The minimum Gasteiger partial charge on any atom is -0.479 e. The van der Waals surface area contributed by atoms with Gasteiger partial charge in [0.05, 0.1) is 23.6 Å². The summed E-state index contributed by atoms with van der Waals surface area (Å²) in [6.45, 7) is 5.42. The van der Waals surface area contributed by atoms with Gasteiger partial charge in [-0.1, -0.05) is 6.92 Å². The molecule has 49 heavy (non-hydrogen) atoms. The summed E-state index contributed by atoms with van der Waals surface area (Å²) in [5, 5.41) is 13.0. The Hall–Kier alpha value is -3.52. The number of hydrogen-bond acceptors (Lipinski definition) is 9. The summed E-state index contributed by atoms with van der Waals surface area (Å²) in [5.74, 6) is -1.41. The third-order valence-corrected chi connectivity index (χ3v) is 12.9. The molecule has 14 heteroatoms. The SMILES string of the molecule is CC12CC3CC1CC2CC3(NC(=O)c1cnc(N2CC3(CCOCC3)c3nc(OCCC4CCOCC4)ccc32)nc1C(F)(F)F)C(=O)O. The lowest BCUT2D eigenvalue weighted by atomic mass is 9.50. The third kappa shape index (κ3) is 5.35. The number of nitrogens with one attached hydrogen (secondary N) is 1. The molecule has 1 spiro atoms. The number of carbonyl (C=O) groups is 2. The van der Waals surface area contributed by atoms with Gasteiger partial charge in [0.2, 0.25) is 11.8 Å². The zero-order valence-corrected chi connectivity index (χ0v) is 27.6. The van der Waals surface area contributed by atoms with Gasteiger partial charge in [-0.15, -0.1) is 0 Å². The number of ether oxygens (including phenoxy) is 3. The number of halogens is 3. The molecule has 2 bridgehead atoms. The number of fused-ring (bicyclic) bond motifs is 3. The first kappa shape index (κ1) is 32.7. The van der Waals surface area contributed by atoms with E-state index in [2.05, 4.69) is 22.2 Å². The summed E-state index contributed by atoms with van der Waals surface area (Å²) < 4.78 is 61.2. The van der Waals surface area contributed by atoms with Gasteiger partial charge in [-0.25, -0.2) is 19.7 Å². The molecule has 5 heterocycles. The molecule has 3 aliphatic heterocycles. The van der Waals surface area contributed by atoms with Crippen molar-refractivity contribution in [1.29, 1.82) is 0 Å². The zero-order valence-electron chi connectivity index (χ0n) is 27.6. The quantitative estimate of drug-likeness (QED) is 0.377. The van der Waals surface area contributed by atoms with E-state index < -0.39 is 40.3 Å². The van der Waals surface area contributed by atoms with E-state index in [1.807, 2.05) is 0 Å². The van der Waals surface area contributed by atoms with E-state index in [1.54, 1.807) is 17.0 Å². The van der Waals surface area contributed by atoms with Crippen LogP contribution in [0.1, 0.15) is 86.5 Å². The normalized spacial score (nSPS) is 31.7. The van der Waals surface area contributed by atoms with Crippen LogP contribution in [-0.4, -0.2) is 77.1 Å². The Morgan fingerprint density at radius 3 is 2.51 bits per heavy atom. The number of nitrogens with zero attached hydrogens (tertiary/aromatic N) is 4. The smallest absolute Gasteiger partial charge is 0.434 e. The third-order valence-electron chi connectivity index (χ3n) is 12.9. The van der Waals surface area contributed by atoms with Crippen molar-refractivity contribution in [2.24, 2.45) is 29.1 Å². The Labute approximate surface area is 282 Å². The van der Waals surface area contributed by atoms with E-state index in [0.29, 0.717) is 74.6 Å². The topological polar surface area (TPSA) is 136 Å². The highest BCUT2D eigenvalue weighted by molar-refractivity contribution is 5.99. The Morgan fingerprint density at radius 1 is 1.04 bits per heavy atom. The maximum Gasteiger partial charge on any atom is 0.434 e. The molecule has 5 atom stereocenters. The van der Waals surface area contributed by atoms with Gasteiger partial charge in [-0.05, 0) is 92.9 Å². The molecule has 0 radical (unpaired) electrons. The van der Waals surface area contributed by atoms with Crippen molar-refractivity contribution >= 4 is 23.5 Å². The van der Waals surface area contributed by atoms with E-state index in [1.165, 1.54) is 0 Å². The highest BCUT2D eigenvalue weighted by Crippen LogP contribution is 2.70. The van der Waals surface area contributed by atoms with Crippen molar-refractivity contribution in [3.05, 3.63) is 35.3 Å². The van der Waals surface area contributed by atoms with Crippen molar-refractivity contribution in [2.75, 3.05) is 44.5 Å². The molecule has 0 aromatic carbocycles. The Bertz CT molecular complexity index is 1650. The van der Waals surface area contributed by atoms with Gasteiger partial charge < -0.3 is 29.5 Å². The standard InChI is InChI=1S/C35H42F3N5O6/c1-32-16-23-15-21(32)14-22(32)17-34(23,30(45)46)42-29(44)24-18-39-31(41-27(24)35(36,37)38)43-19-33(7-12-48-13-8-33)28-25(43)2-3-26(40-28)49-11-6-20-4-9-47-10-5-20/h2-3,18,20-23H,4-17,19H2,1H3,(H,42,44)(H,45,46). The Balaban J connectivity index is 1.08. The molecule has 1 amide bonds. The fourth-order valence-electron chi connectivity index (χ4n) is 9.87. The number of rotatable bonds is 8. The maximum atomic E-state index is 14.7. The van der Waals surface area contributed by atoms with E-state index in [4.69, 9.17) is 19.2 Å². The van der Waals surface area contributed by atoms with Gasteiger partial charge in [0.15, 0.2) is 5.69 Å². The number of pyridine rings is 1. The van der Waals surface area contributed by atoms with Crippen LogP contribution >= 0.6 is 0 Å². The number of alkyl halides is 3. The highest BCUT2D eigenvalue weighted by atomic mass is 19.4. The van der Waals surface area contributed by atoms with Crippen LogP contribution in [0.4, 0.5) is 24.8 Å². The highest BCUT2D eigenvalue weighted by Gasteiger charge is 2.69. The Kier molecular flexibility index (Phi) is 7.86. The first-order chi connectivity index (χ1) is 23.4. The predicted molar refractivity (Wildman–Crippen MR) is 169 cm³/mol. The lowest BCUT2D eigenvalue weighted by Gasteiger charge is -2.55. The van der Waals surface area contributed by atoms with Crippen LogP contribution in [-0.2, 0) is 25.9 Å². The predicted octanol–water partition coefficient (Wildman–Crippen LogP) is 5.30. The van der Waals surface area contributed by atoms with Gasteiger partial charge in [0.25, 0.3) is 5.91 Å². The molecule has 2 saturated heterocycles. The summed E-state index contributed by atoms with van der Waals surface area (Å²) in [4.78, 5) is 41.2. The molecule has 264 valence electrons. The van der Waals surface area contributed by atoms with Crippen molar-refractivity contribution in [2.45, 2.75) is 81.8 Å². The molecule has 3 saturated carbocycles. The molecular formula is C35H42F3N5O6. The first-order valence-electron chi connectivity index (χ1n) is 17.5. The second-order valence-corrected chi connectivity index (χ2v) is 15.3. The van der Waals surface area contributed by atoms with Crippen LogP contribution in [0.2, 0.25) is 0 Å². The van der Waals surface area contributed by atoms with E-state index in [9.17, 15) is 27.9 Å². The van der Waals surface area contributed by atoms with Crippen LogP contribution in [0.25, 0.3) is 0 Å². The maximum absolute atomic E-state index is 14.7. The monoisotopic (exact) mass is 685 g/mol. The van der Waals surface area contributed by atoms with E-state index in [-0.39, 0.29) is 36.2 Å². The number of carboxylic acids is 1. The zero-order chi connectivity index (χ0) is 34.2. The molecule has 6 aliphatic rings. The summed E-state index contributed by atoms with van der Waals surface area (Å²) >= 11 is 0. The minimum atomic E-state index is -5.00. The second kappa shape index (κ2) is 11.8. The lowest BCUT2D eigenvalue weighted by molar-refractivity contribution is -0.152. The fourth-order valence-corrected chi connectivity index (χ4v) is 9.87. The summed E-state index contributed by atoms with van der Waals surface area (Å²) in [7, 11) is 0. The van der Waals surface area contributed by atoms with Crippen molar-refractivity contribution in [3.8, 4) is 5.88 Å². The average Bonchev–Trinajstić information content (AvgIpc) is 3.41. The molecule has 3 aliphatic carbocycles. The fraction of sp³-hybridized carbons (Fsp3) is 0.686. The number of carboxylic acid groups (broad SMARTS) is 1. The summed E-state index contributed by atoms with van der Waals surface area (Å²) in [6.07, 6.45) is 2.35. The largest absolute Gasteiger partial charge is 0.479 e. The Morgan fingerprint density at radius 2 is 1.78 bits per heavy atom. The van der Waals surface area contributed by atoms with Crippen LogP contribution in [0.3, 0.4) is 0 Å². The van der Waals surface area contributed by atoms with Crippen molar-refractivity contribution in [3.63, 3.8) is 0 Å². The number of amides is 1.